The SMILES string of the molecule is O=C(/C=C/c1ccc(F)cc1)NCCC1CCCN1. The van der Waals surface area contributed by atoms with Gasteiger partial charge in [0.2, 0.25) is 5.91 Å². The molecule has 1 aromatic rings. The lowest BCUT2D eigenvalue weighted by Gasteiger charge is -2.09. The van der Waals surface area contributed by atoms with Crippen LogP contribution < -0.4 is 10.6 Å². The Morgan fingerprint density at radius 2 is 2.21 bits per heavy atom. The van der Waals surface area contributed by atoms with Gasteiger partial charge in [-0.15, -0.1) is 0 Å². The quantitative estimate of drug-likeness (QED) is 0.798. The first-order valence-corrected chi connectivity index (χ1v) is 6.69. The molecule has 1 fully saturated rings. The molecule has 0 aliphatic carbocycles. The van der Waals surface area contributed by atoms with Crippen molar-refractivity contribution in [2.45, 2.75) is 25.3 Å². The van der Waals surface area contributed by atoms with Crippen LogP contribution in [0.3, 0.4) is 0 Å². The van der Waals surface area contributed by atoms with Crippen molar-refractivity contribution in [3.63, 3.8) is 0 Å². The number of halogens is 1. The number of amides is 1. The van der Waals surface area contributed by atoms with Crippen molar-refractivity contribution in [2.75, 3.05) is 13.1 Å². The summed E-state index contributed by atoms with van der Waals surface area (Å²) >= 11 is 0. The molecule has 1 amide bonds. The van der Waals surface area contributed by atoms with E-state index in [0.29, 0.717) is 12.6 Å². The summed E-state index contributed by atoms with van der Waals surface area (Å²) in [5.41, 5.74) is 0.814. The van der Waals surface area contributed by atoms with Crippen LogP contribution in [0.5, 0.6) is 0 Å². The Morgan fingerprint density at radius 3 is 2.89 bits per heavy atom. The molecule has 1 aliphatic heterocycles. The van der Waals surface area contributed by atoms with E-state index in [0.717, 1.165) is 18.5 Å². The predicted molar refractivity (Wildman–Crippen MR) is 74.1 cm³/mol. The Hall–Kier alpha value is -1.68. The summed E-state index contributed by atoms with van der Waals surface area (Å²) in [7, 11) is 0. The second kappa shape index (κ2) is 7.04. The molecule has 2 rings (SSSR count). The number of rotatable bonds is 5. The minimum atomic E-state index is -0.273. The molecule has 4 heteroatoms. The van der Waals surface area contributed by atoms with E-state index < -0.39 is 0 Å². The molecular weight excluding hydrogens is 243 g/mol. The minimum Gasteiger partial charge on any atom is -0.352 e. The van der Waals surface area contributed by atoms with Crippen LogP contribution in [0.1, 0.15) is 24.8 Å². The maximum absolute atomic E-state index is 12.7. The molecule has 0 saturated carbocycles. The molecule has 19 heavy (non-hydrogen) atoms. The van der Waals surface area contributed by atoms with E-state index in [4.69, 9.17) is 0 Å². The van der Waals surface area contributed by atoms with Gasteiger partial charge in [-0.1, -0.05) is 12.1 Å². The number of benzene rings is 1. The van der Waals surface area contributed by atoms with Gasteiger partial charge >= 0.3 is 0 Å². The Bertz CT molecular complexity index is 436. The molecule has 1 unspecified atom stereocenters. The fourth-order valence-corrected chi connectivity index (χ4v) is 2.18. The van der Waals surface area contributed by atoms with E-state index in [1.54, 1.807) is 18.2 Å². The lowest BCUT2D eigenvalue weighted by Crippen LogP contribution is -2.29. The normalized spacial score (nSPS) is 18.9. The molecule has 0 spiro atoms. The van der Waals surface area contributed by atoms with Gasteiger partial charge in [0.05, 0.1) is 0 Å². The van der Waals surface area contributed by atoms with Crippen LogP contribution in [0.15, 0.2) is 30.3 Å². The molecule has 0 bridgehead atoms. The van der Waals surface area contributed by atoms with Gasteiger partial charge in [0.15, 0.2) is 0 Å². The Morgan fingerprint density at radius 1 is 1.42 bits per heavy atom. The minimum absolute atomic E-state index is 0.109. The lowest BCUT2D eigenvalue weighted by molar-refractivity contribution is -0.116. The van der Waals surface area contributed by atoms with Crippen molar-refractivity contribution in [1.29, 1.82) is 0 Å². The molecule has 1 aromatic carbocycles. The molecule has 1 aliphatic rings. The highest BCUT2D eigenvalue weighted by atomic mass is 19.1. The van der Waals surface area contributed by atoms with E-state index >= 15 is 0 Å². The van der Waals surface area contributed by atoms with Crippen LogP contribution in [0.25, 0.3) is 6.08 Å². The Balaban J connectivity index is 1.69. The van der Waals surface area contributed by atoms with E-state index in [2.05, 4.69) is 10.6 Å². The number of hydrogen-bond acceptors (Lipinski definition) is 2. The second-order valence-corrected chi connectivity index (χ2v) is 4.76. The van der Waals surface area contributed by atoms with Crippen molar-refractivity contribution in [1.82, 2.24) is 10.6 Å². The van der Waals surface area contributed by atoms with Crippen LogP contribution in [-0.2, 0) is 4.79 Å². The van der Waals surface area contributed by atoms with Crippen LogP contribution >= 0.6 is 0 Å². The molecule has 102 valence electrons. The van der Waals surface area contributed by atoms with Crippen molar-refractivity contribution in [2.24, 2.45) is 0 Å². The fourth-order valence-electron chi connectivity index (χ4n) is 2.18. The van der Waals surface area contributed by atoms with E-state index in [-0.39, 0.29) is 11.7 Å². The Labute approximate surface area is 112 Å². The maximum atomic E-state index is 12.7. The molecule has 3 nitrogen and oxygen atoms in total. The third-order valence-corrected chi connectivity index (χ3v) is 3.25. The molecule has 2 N–H and O–H groups in total. The number of hydrogen-bond donors (Lipinski definition) is 2. The average molecular weight is 262 g/mol. The zero-order valence-electron chi connectivity index (χ0n) is 10.9. The highest BCUT2D eigenvalue weighted by molar-refractivity contribution is 5.91. The maximum Gasteiger partial charge on any atom is 0.243 e. The summed E-state index contributed by atoms with van der Waals surface area (Å²) in [5.74, 6) is -0.381. The topological polar surface area (TPSA) is 41.1 Å². The summed E-state index contributed by atoms with van der Waals surface area (Å²) in [5, 5.41) is 6.24. The van der Waals surface area contributed by atoms with Crippen LogP contribution in [0.2, 0.25) is 0 Å². The fraction of sp³-hybridized carbons (Fsp3) is 0.400. The number of carbonyl (C=O) groups is 1. The largest absolute Gasteiger partial charge is 0.352 e. The van der Waals surface area contributed by atoms with Gasteiger partial charge < -0.3 is 10.6 Å². The van der Waals surface area contributed by atoms with E-state index in [1.165, 1.54) is 31.1 Å². The first kappa shape index (κ1) is 13.7. The van der Waals surface area contributed by atoms with Gasteiger partial charge in [0, 0.05) is 18.7 Å². The molecule has 1 atom stereocenters. The third kappa shape index (κ3) is 4.83. The summed E-state index contributed by atoms with van der Waals surface area (Å²) in [6, 6.07) is 6.58. The highest BCUT2D eigenvalue weighted by Gasteiger charge is 2.12. The van der Waals surface area contributed by atoms with Crippen molar-refractivity contribution in [3.05, 3.63) is 41.7 Å². The van der Waals surface area contributed by atoms with Crippen molar-refractivity contribution in [3.8, 4) is 0 Å². The molecule has 1 saturated heterocycles. The third-order valence-electron chi connectivity index (χ3n) is 3.25. The first-order chi connectivity index (χ1) is 9.24. The van der Waals surface area contributed by atoms with Crippen LogP contribution in [-0.4, -0.2) is 25.0 Å². The monoisotopic (exact) mass is 262 g/mol. The van der Waals surface area contributed by atoms with Crippen LogP contribution in [0, 0.1) is 5.82 Å². The van der Waals surface area contributed by atoms with Gasteiger partial charge in [0.1, 0.15) is 5.82 Å². The predicted octanol–water partition coefficient (Wildman–Crippen LogP) is 2.10. The van der Waals surface area contributed by atoms with E-state index in [9.17, 15) is 9.18 Å². The van der Waals surface area contributed by atoms with Gasteiger partial charge in [-0.05, 0) is 49.6 Å². The van der Waals surface area contributed by atoms with E-state index in [1.807, 2.05) is 0 Å². The molecule has 1 heterocycles. The zero-order valence-corrected chi connectivity index (χ0v) is 10.9. The first-order valence-electron chi connectivity index (χ1n) is 6.69. The summed E-state index contributed by atoms with van der Waals surface area (Å²) in [6.07, 6.45) is 6.55. The van der Waals surface area contributed by atoms with Crippen LogP contribution in [0.4, 0.5) is 4.39 Å². The zero-order chi connectivity index (χ0) is 13.5. The Kier molecular flexibility index (Phi) is 5.10. The van der Waals surface area contributed by atoms with Gasteiger partial charge in [-0.2, -0.15) is 0 Å². The van der Waals surface area contributed by atoms with Crippen molar-refractivity contribution >= 4 is 12.0 Å². The van der Waals surface area contributed by atoms with Gasteiger partial charge in [-0.25, -0.2) is 4.39 Å². The second-order valence-electron chi connectivity index (χ2n) is 4.76. The molecule has 0 aromatic heterocycles. The summed E-state index contributed by atoms with van der Waals surface area (Å²) < 4.78 is 12.7. The summed E-state index contributed by atoms with van der Waals surface area (Å²) in [4.78, 5) is 11.6. The average Bonchev–Trinajstić information content (AvgIpc) is 2.91. The smallest absolute Gasteiger partial charge is 0.243 e. The summed E-state index contributed by atoms with van der Waals surface area (Å²) in [6.45, 7) is 1.77. The van der Waals surface area contributed by atoms with Crippen molar-refractivity contribution < 1.29 is 9.18 Å². The molecule has 0 radical (unpaired) electrons. The molecular formula is C15H19FN2O. The number of carbonyl (C=O) groups excluding carboxylic acids is 1. The van der Waals surface area contributed by atoms with Gasteiger partial charge in [0.25, 0.3) is 0 Å². The number of nitrogens with one attached hydrogen (secondary N) is 2. The lowest BCUT2D eigenvalue weighted by atomic mass is 10.1. The standard InChI is InChI=1S/C15H19FN2O/c16-13-6-3-12(4-7-13)5-8-15(19)18-11-9-14-2-1-10-17-14/h3-8,14,17H,1-2,9-11H2,(H,18,19)/b8-5+. The van der Waals surface area contributed by atoms with Gasteiger partial charge in [-0.3, -0.25) is 4.79 Å². The highest BCUT2D eigenvalue weighted by Crippen LogP contribution is 2.07.